The first kappa shape index (κ1) is 16.2. The second-order valence-corrected chi connectivity index (χ2v) is 6.72. The van der Waals surface area contributed by atoms with Crippen molar-refractivity contribution in [1.82, 2.24) is 9.88 Å². The van der Waals surface area contributed by atoms with Crippen molar-refractivity contribution in [2.24, 2.45) is 11.7 Å². The van der Waals surface area contributed by atoms with Gasteiger partial charge in [-0.2, -0.15) is 0 Å². The quantitative estimate of drug-likeness (QED) is 0.831. The third-order valence-corrected chi connectivity index (χ3v) is 5.13. The number of aryl methyl sites for hydroxylation is 1. The van der Waals surface area contributed by atoms with Gasteiger partial charge in [0.05, 0.1) is 6.10 Å². The van der Waals surface area contributed by atoms with Crippen LogP contribution >= 0.6 is 0 Å². The van der Waals surface area contributed by atoms with E-state index in [1.807, 2.05) is 23.4 Å². The third kappa shape index (κ3) is 3.48. The van der Waals surface area contributed by atoms with Crippen LogP contribution in [0, 0.1) is 12.8 Å². The topological polar surface area (TPSA) is 82.7 Å². The van der Waals surface area contributed by atoms with Gasteiger partial charge in [-0.05, 0) is 37.8 Å². The van der Waals surface area contributed by atoms with Crippen molar-refractivity contribution < 1.29 is 9.90 Å². The van der Waals surface area contributed by atoms with Gasteiger partial charge in [0.25, 0.3) is 0 Å². The fourth-order valence-corrected chi connectivity index (χ4v) is 3.66. The van der Waals surface area contributed by atoms with Crippen LogP contribution in [-0.2, 0) is 4.79 Å². The Morgan fingerprint density at radius 1 is 1.30 bits per heavy atom. The summed E-state index contributed by atoms with van der Waals surface area (Å²) in [5.41, 5.74) is 8.29. The van der Waals surface area contributed by atoms with Crippen LogP contribution in [0.25, 0.3) is 0 Å². The molecule has 1 aromatic heterocycles. The first-order chi connectivity index (χ1) is 11.1. The number of amides is 1. The maximum Gasteiger partial charge on any atom is 0.225 e. The van der Waals surface area contributed by atoms with Crippen molar-refractivity contribution in [1.29, 1.82) is 0 Å². The summed E-state index contributed by atoms with van der Waals surface area (Å²) in [5, 5.41) is 9.71. The summed E-state index contributed by atoms with van der Waals surface area (Å²) in [6.07, 6.45) is 5.22. The molecule has 1 saturated carbocycles. The van der Waals surface area contributed by atoms with E-state index < -0.39 is 6.10 Å². The van der Waals surface area contributed by atoms with Crippen LogP contribution in [0.1, 0.15) is 24.8 Å². The van der Waals surface area contributed by atoms with E-state index in [2.05, 4.69) is 16.8 Å². The van der Waals surface area contributed by atoms with Gasteiger partial charge >= 0.3 is 0 Å². The number of carbonyl (C=O) groups is 1. The molecule has 0 unspecified atom stereocenters. The third-order valence-electron chi connectivity index (χ3n) is 5.13. The molecular weight excluding hydrogens is 292 g/mol. The van der Waals surface area contributed by atoms with Crippen molar-refractivity contribution >= 4 is 11.6 Å². The van der Waals surface area contributed by atoms with E-state index in [0.717, 1.165) is 32.6 Å². The molecule has 0 spiro atoms. The highest BCUT2D eigenvalue weighted by atomic mass is 16.3. The number of nitrogens with zero attached hydrogens (tertiary/aromatic N) is 3. The number of anilines is 1. The number of aliphatic hydroxyl groups is 1. The highest BCUT2D eigenvalue weighted by molar-refractivity contribution is 5.79. The van der Waals surface area contributed by atoms with Crippen molar-refractivity contribution in [2.45, 2.75) is 38.3 Å². The van der Waals surface area contributed by atoms with Gasteiger partial charge in [-0.25, -0.2) is 0 Å². The first-order valence-electron chi connectivity index (χ1n) is 8.44. The molecule has 2 aliphatic rings. The minimum absolute atomic E-state index is 0.0254. The first-order valence-corrected chi connectivity index (χ1v) is 8.44. The summed E-state index contributed by atoms with van der Waals surface area (Å²) in [4.78, 5) is 21.1. The Balaban J connectivity index is 1.57. The number of hydrogen-bond donors (Lipinski definition) is 2. The number of aliphatic hydroxyl groups excluding tert-OH is 1. The Morgan fingerprint density at radius 2 is 2.04 bits per heavy atom. The number of aromatic nitrogens is 1. The SMILES string of the molecule is Cc1cnccc1N1CCN(C(=O)[C@H]2CC[C@@H](O)[C@H](N)C2)CC1. The molecule has 1 amide bonds. The monoisotopic (exact) mass is 318 g/mol. The van der Waals surface area contributed by atoms with Crippen LogP contribution < -0.4 is 10.6 Å². The van der Waals surface area contributed by atoms with Gasteiger partial charge < -0.3 is 20.6 Å². The van der Waals surface area contributed by atoms with E-state index in [1.165, 1.54) is 11.3 Å². The molecule has 1 aliphatic heterocycles. The molecule has 1 aliphatic carbocycles. The molecule has 3 atom stereocenters. The molecule has 2 fully saturated rings. The average molecular weight is 318 g/mol. The lowest BCUT2D eigenvalue weighted by Gasteiger charge is -2.39. The molecule has 0 radical (unpaired) electrons. The van der Waals surface area contributed by atoms with Crippen molar-refractivity contribution in [3.63, 3.8) is 0 Å². The smallest absolute Gasteiger partial charge is 0.225 e. The summed E-state index contributed by atoms with van der Waals surface area (Å²) >= 11 is 0. The normalized spacial score (nSPS) is 28.7. The highest BCUT2D eigenvalue weighted by Crippen LogP contribution is 2.26. The molecule has 6 heteroatoms. The second-order valence-electron chi connectivity index (χ2n) is 6.72. The Kier molecular flexibility index (Phi) is 4.82. The lowest BCUT2D eigenvalue weighted by molar-refractivity contribution is -0.137. The minimum atomic E-state index is -0.453. The van der Waals surface area contributed by atoms with E-state index in [9.17, 15) is 9.90 Å². The van der Waals surface area contributed by atoms with Crippen LogP contribution in [0.2, 0.25) is 0 Å². The molecule has 0 bridgehead atoms. The molecule has 6 nitrogen and oxygen atoms in total. The van der Waals surface area contributed by atoms with Crippen LogP contribution in [0.3, 0.4) is 0 Å². The van der Waals surface area contributed by atoms with Gasteiger partial charge in [0.15, 0.2) is 0 Å². The summed E-state index contributed by atoms with van der Waals surface area (Å²) in [6, 6.07) is 1.77. The number of carbonyl (C=O) groups excluding carboxylic acids is 1. The Labute approximate surface area is 137 Å². The Hall–Kier alpha value is -1.66. The average Bonchev–Trinajstić information content (AvgIpc) is 2.57. The largest absolute Gasteiger partial charge is 0.392 e. The predicted octanol–water partition coefficient (Wildman–Crippen LogP) is 0.527. The minimum Gasteiger partial charge on any atom is -0.392 e. The van der Waals surface area contributed by atoms with Crippen LogP contribution in [-0.4, -0.2) is 59.2 Å². The molecule has 23 heavy (non-hydrogen) atoms. The molecule has 1 aromatic rings. The van der Waals surface area contributed by atoms with Crippen LogP contribution in [0.5, 0.6) is 0 Å². The zero-order chi connectivity index (χ0) is 16.4. The van der Waals surface area contributed by atoms with Crippen LogP contribution in [0.15, 0.2) is 18.5 Å². The molecule has 0 aromatic carbocycles. The molecule has 3 N–H and O–H groups in total. The van der Waals surface area contributed by atoms with E-state index in [1.54, 1.807) is 0 Å². The lowest BCUT2D eigenvalue weighted by Crippen LogP contribution is -2.52. The maximum atomic E-state index is 12.7. The van der Waals surface area contributed by atoms with E-state index >= 15 is 0 Å². The number of piperazine rings is 1. The van der Waals surface area contributed by atoms with Crippen molar-refractivity contribution in [3.05, 3.63) is 24.0 Å². The summed E-state index contributed by atoms with van der Waals surface area (Å²) in [6.45, 7) is 5.24. The standard InChI is InChI=1S/C17H26N4O2/c1-12-11-19-5-4-15(12)20-6-8-21(9-7-20)17(23)13-2-3-16(22)14(18)10-13/h4-5,11,13-14,16,22H,2-3,6-10,18H2,1H3/t13-,14+,16+/m0/s1. The zero-order valence-electron chi connectivity index (χ0n) is 13.7. The zero-order valence-corrected chi connectivity index (χ0v) is 13.7. The number of hydrogen-bond acceptors (Lipinski definition) is 5. The number of pyridine rings is 1. The molecular formula is C17H26N4O2. The fourth-order valence-electron chi connectivity index (χ4n) is 3.66. The molecule has 126 valence electrons. The van der Waals surface area contributed by atoms with Crippen LogP contribution in [0.4, 0.5) is 5.69 Å². The second kappa shape index (κ2) is 6.84. The van der Waals surface area contributed by atoms with E-state index in [-0.39, 0.29) is 17.9 Å². The highest BCUT2D eigenvalue weighted by Gasteiger charge is 2.34. The Morgan fingerprint density at radius 3 is 2.70 bits per heavy atom. The predicted molar refractivity (Wildman–Crippen MR) is 89.1 cm³/mol. The lowest BCUT2D eigenvalue weighted by atomic mass is 9.83. The van der Waals surface area contributed by atoms with Gasteiger partial charge in [0.1, 0.15) is 0 Å². The number of nitrogens with two attached hydrogens (primary N) is 1. The van der Waals surface area contributed by atoms with Gasteiger partial charge in [0.2, 0.25) is 5.91 Å². The van der Waals surface area contributed by atoms with Crippen molar-refractivity contribution in [2.75, 3.05) is 31.1 Å². The van der Waals surface area contributed by atoms with E-state index in [0.29, 0.717) is 12.8 Å². The van der Waals surface area contributed by atoms with Gasteiger partial charge in [-0.1, -0.05) is 0 Å². The maximum absolute atomic E-state index is 12.7. The number of rotatable bonds is 2. The molecule has 3 rings (SSSR count). The van der Waals surface area contributed by atoms with Gasteiger partial charge in [0, 0.05) is 56.2 Å². The van der Waals surface area contributed by atoms with Gasteiger partial charge in [-0.15, -0.1) is 0 Å². The molecule has 1 saturated heterocycles. The summed E-state index contributed by atoms with van der Waals surface area (Å²) in [7, 11) is 0. The van der Waals surface area contributed by atoms with E-state index in [4.69, 9.17) is 5.73 Å². The van der Waals surface area contributed by atoms with Gasteiger partial charge in [-0.3, -0.25) is 9.78 Å². The Bertz CT molecular complexity index is 557. The molecule has 2 heterocycles. The summed E-state index contributed by atoms with van der Waals surface area (Å²) < 4.78 is 0. The fraction of sp³-hybridized carbons (Fsp3) is 0.647. The summed E-state index contributed by atoms with van der Waals surface area (Å²) in [5.74, 6) is 0.182. The van der Waals surface area contributed by atoms with Crippen molar-refractivity contribution in [3.8, 4) is 0 Å².